The predicted octanol–water partition coefficient (Wildman–Crippen LogP) is 2.03. The van der Waals surface area contributed by atoms with E-state index in [1.165, 1.54) is 0 Å². The van der Waals surface area contributed by atoms with Gasteiger partial charge in [-0.25, -0.2) is 0 Å². The lowest BCUT2D eigenvalue weighted by Gasteiger charge is -2.06. The molecule has 0 amide bonds. The van der Waals surface area contributed by atoms with Crippen molar-refractivity contribution < 1.29 is 0 Å². The van der Waals surface area contributed by atoms with E-state index in [1.807, 2.05) is 42.5 Å². The van der Waals surface area contributed by atoms with Crippen molar-refractivity contribution >= 4 is 16.7 Å². The summed E-state index contributed by atoms with van der Waals surface area (Å²) in [5.41, 5.74) is 21.4. The third-order valence-corrected chi connectivity index (χ3v) is 3.54. The van der Waals surface area contributed by atoms with Gasteiger partial charge >= 0.3 is 0 Å². The van der Waals surface area contributed by atoms with Gasteiger partial charge in [0.25, 0.3) is 0 Å². The minimum Gasteiger partial charge on any atom is -0.384 e. The Kier molecular flexibility index (Phi) is 3.21. The summed E-state index contributed by atoms with van der Waals surface area (Å²) >= 11 is 0. The van der Waals surface area contributed by atoms with Crippen LogP contribution in [0.5, 0.6) is 0 Å². The van der Waals surface area contributed by atoms with E-state index in [0.29, 0.717) is 5.56 Å². The van der Waals surface area contributed by atoms with E-state index in [9.17, 15) is 0 Å². The second-order valence-electron chi connectivity index (χ2n) is 5.05. The summed E-state index contributed by atoms with van der Waals surface area (Å²) in [5, 5.41) is 8.56. The van der Waals surface area contributed by atoms with Crippen molar-refractivity contribution in [2.45, 2.75) is 6.17 Å². The molecule has 0 unspecified atom stereocenters. The fourth-order valence-electron chi connectivity index (χ4n) is 2.34. The average molecular weight is 279 g/mol. The Labute approximate surface area is 122 Å². The van der Waals surface area contributed by atoms with E-state index < -0.39 is 6.17 Å². The molecule has 0 aliphatic rings. The molecule has 0 saturated carbocycles. The van der Waals surface area contributed by atoms with E-state index in [0.717, 1.165) is 27.7 Å². The topological polar surface area (TPSA) is 118 Å². The maximum Gasteiger partial charge on any atom is 0.122 e. The minimum atomic E-state index is -0.458. The van der Waals surface area contributed by atoms with Gasteiger partial charge in [-0.1, -0.05) is 36.4 Å². The van der Waals surface area contributed by atoms with Crippen LogP contribution in [0, 0.1) is 5.41 Å². The van der Waals surface area contributed by atoms with E-state index in [-0.39, 0.29) is 5.84 Å². The number of rotatable bonds is 3. The number of hydrogen-bond donors (Lipinski definition) is 5. The minimum absolute atomic E-state index is 0.0642. The number of amidine groups is 1. The van der Waals surface area contributed by atoms with Crippen LogP contribution in [0.25, 0.3) is 22.2 Å². The molecule has 8 N–H and O–H groups in total. The summed E-state index contributed by atoms with van der Waals surface area (Å²) in [6.07, 6.45) is -0.458. The molecule has 0 atom stereocenters. The number of nitrogens with one attached hydrogen (secondary N) is 2. The molecule has 0 radical (unpaired) electrons. The van der Waals surface area contributed by atoms with Gasteiger partial charge in [0.2, 0.25) is 0 Å². The first-order valence-electron chi connectivity index (χ1n) is 6.63. The highest BCUT2D eigenvalue weighted by atomic mass is 14.8. The van der Waals surface area contributed by atoms with Crippen molar-refractivity contribution in [3.63, 3.8) is 0 Å². The number of hydrogen-bond acceptors (Lipinski definition) is 3. The standard InChI is InChI=1S/C16H17N5/c17-15(18)10-3-1-9(2-4-10)13-7-11-5-6-12(16(19)20)8-14(11)21-13/h1-8,15,21H,17-18H2,(H3,19,20). The Morgan fingerprint density at radius 3 is 2.33 bits per heavy atom. The molecule has 0 aliphatic carbocycles. The summed E-state index contributed by atoms with van der Waals surface area (Å²) in [6.45, 7) is 0. The molecule has 5 nitrogen and oxygen atoms in total. The summed E-state index contributed by atoms with van der Waals surface area (Å²) in [6, 6.07) is 15.6. The molecule has 5 heteroatoms. The lowest BCUT2D eigenvalue weighted by atomic mass is 10.1. The molecule has 3 aromatic rings. The summed E-state index contributed by atoms with van der Waals surface area (Å²) < 4.78 is 0. The molecule has 106 valence electrons. The monoisotopic (exact) mass is 279 g/mol. The van der Waals surface area contributed by atoms with Gasteiger partial charge in [0.1, 0.15) is 5.84 Å². The van der Waals surface area contributed by atoms with Crippen LogP contribution in [0.3, 0.4) is 0 Å². The van der Waals surface area contributed by atoms with Crippen molar-refractivity contribution in [1.29, 1.82) is 5.41 Å². The number of aromatic nitrogens is 1. The van der Waals surface area contributed by atoms with E-state index >= 15 is 0 Å². The summed E-state index contributed by atoms with van der Waals surface area (Å²) in [4.78, 5) is 3.34. The van der Waals surface area contributed by atoms with Crippen molar-refractivity contribution in [2.24, 2.45) is 17.2 Å². The van der Waals surface area contributed by atoms with Crippen LogP contribution < -0.4 is 17.2 Å². The van der Waals surface area contributed by atoms with Crippen LogP contribution in [0.2, 0.25) is 0 Å². The van der Waals surface area contributed by atoms with Gasteiger partial charge in [0.15, 0.2) is 0 Å². The fourth-order valence-corrected chi connectivity index (χ4v) is 2.34. The first kappa shape index (κ1) is 13.4. The summed E-state index contributed by atoms with van der Waals surface area (Å²) in [5.74, 6) is 0.0642. The molecule has 0 bridgehead atoms. The Morgan fingerprint density at radius 2 is 1.71 bits per heavy atom. The van der Waals surface area contributed by atoms with Crippen LogP contribution >= 0.6 is 0 Å². The molecular weight excluding hydrogens is 262 g/mol. The van der Waals surface area contributed by atoms with Crippen molar-refractivity contribution in [3.8, 4) is 11.3 Å². The zero-order valence-corrected chi connectivity index (χ0v) is 11.4. The Morgan fingerprint density at radius 1 is 1.00 bits per heavy atom. The number of H-pyrrole nitrogens is 1. The van der Waals surface area contributed by atoms with Crippen LogP contribution in [-0.4, -0.2) is 10.8 Å². The van der Waals surface area contributed by atoms with Crippen LogP contribution in [0.4, 0.5) is 0 Å². The van der Waals surface area contributed by atoms with Gasteiger partial charge in [0.05, 0.1) is 6.17 Å². The smallest absolute Gasteiger partial charge is 0.122 e. The first-order chi connectivity index (χ1) is 10.0. The van der Waals surface area contributed by atoms with Crippen molar-refractivity contribution in [1.82, 2.24) is 4.98 Å². The van der Waals surface area contributed by atoms with Crippen LogP contribution in [0.15, 0.2) is 48.5 Å². The second kappa shape index (κ2) is 5.05. The maximum atomic E-state index is 7.49. The Bertz CT molecular complexity index is 799. The molecule has 0 fully saturated rings. The third kappa shape index (κ3) is 2.52. The van der Waals surface area contributed by atoms with E-state index in [2.05, 4.69) is 11.1 Å². The van der Waals surface area contributed by atoms with E-state index in [4.69, 9.17) is 22.6 Å². The quantitative estimate of drug-likeness (QED) is 0.287. The number of nitrogens with two attached hydrogens (primary N) is 3. The number of fused-ring (bicyclic) bond motifs is 1. The molecule has 0 aliphatic heterocycles. The van der Waals surface area contributed by atoms with Gasteiger partial charge in [-0.2, -0.15) is 0 Å². The molecule has 1 heterocycles. The van der Waals surface area contributed by atoms with Crippen LogP contribution in [-0.2, 0) is 0 Å². The SMILES string of the molecule is N=C(N)c1ccc2cc(-c3ccc(C(N)N)cc3)[nH]c2c1. The largest absolute Gasteiger partial charge is 0.384 e. The van der Waals surface area contributed by atoms with Gasteiger partial charge in [-0.15, -0.1) is 0 Å². The molecule has 1 aromatic heterocycles. The zero-order chi connectivity index (χ0) is 15.0. The highest BCUT2D eigenvalue weighted by Crippen LogP contribution is 2.25. The molecule has 0 spiro atoms. The number of nitrogen functional groups attached to an aromatic ring is 1. The number of benzene rings is 2. The zero-order valence-electron chi connectivity index (χ0n) is 11.4. The lowest BCUT2D eigenvalue weighted by molar-refractivity contribution is 0.774. The Balaban J connectivity index is 2.02. The normalized spacial score (nSPS) is 11.2. The number of aromatic amines is 1. The highest BCUT2D eigenvalue weighted by molar-refractivity contribution is 5.99. The summed E-state index contributed by atoms with van der Waals surface area (Å²) in [7, 11) is 0. The third-order valence-electron chi connectivity index (χ3n) is 3.54. The van der Waals surface area contributed by atoms with Crippen LogP contribution in [0.1, 0.15) is 17.3 Å². The average Bonchev–Trinajstić information content (AvgIpc) is 2.90. The fraction of sp³-hybridized carbons (Fsp3) is 0.0625. The van der Waals surface area contributed by atoms with Gasteiger partial charge in [-0.05, 0) is 23.3 Å². The molecule has 2 aromatic carbocycles. The lowest BCUT2D eigenvalue weighted by Crippen LogP contribution is -2.19. The van der Waals surface area contributed by atoms with E-state index in [1.54, 1.807) is 0 Å². The molecule has 21 heavy (non-hydrogen) atoms. The van der Waals surface area contributed by atoms with Gasteiger partial charge < -0.3 is 22.2 Å². The first-order valence-corrected chi connectivity index (χ1v) is 6.63. The van der Waals surface area contributed by atoms with Crippen molar-refractivity contribution in [2.75, 3.05) is 0 Å². The van der Waals surface area contributed by atoms with Gasteiger partial charge in [0, 0.05) is 22.2 Å². The molecule has 0 saturated heterocycles. The predicted molar refractivity (Wildman–Crippen MR) is 85.9 cm³/mol. The second-order valence-corrected chi connectivity index (χ2v) is 5.05. The highest BCUT2D eigenvalue weighted by Gasteiger charge is 2.06. The van der Waals surface area contributed by atoms with Gasteiger partial charge in [-0.3, -0.25) is 5.41 Å². The Hall–Kier alpha value is -2.63. The molecular formula is C16H17N5. The molecule has 3 rings (SSSR count). The van der Waals surface area contributed by atoms with Crippen molar-refractivity contribution in [3.05, 3.63) is 59.7 Å². The maximum absolute atomic E-state index is 7.49.